The molecule has 0 bridgehead atoms. The topological polar surface area (TPSA) is 160 Å². The zero-order valence-electron chi connectivity index (χ0n) is 21.7. The van der Waals surface area contributed by atoms with Gasteiger partial charge in [0.15, 0.2) is 0 Å². The third-order valence-corrected chi connectivity index (χ3v) is 5.92. The molecule has 0 saturated heterocycles. The molecule has 2 amide bonds. The second-order valence-electron chi connectivity index (χ2n) is 9.00. The number of aliphatic carboxylic acids is 1. The standard InChI is InChI=1S/C29H28N4O7/c1-18-14-21(16-22-25(18)27(37)40-28(32-22)30-13-12-24(34)35)31-26(36)23(15-19-8-4-2-5-9-19)33-29(38)39-17-20-10-6-3-7-11-20/h2-11,14,16,23H,12-13,15,17H2,1H3,(H,30,32)(H,31,36)(H,33,38)(H,34,35)/t23-/m0/s1. The first-order chi connectivity index (χ1) is 19.3. The Labute approximate surface area is 229 Å². The minimum absolute atomic E-state index is 0.0133. The number of carbonyl (C=O) groups excluding carboxylic acids is 2. The average Bonchev–Trinajstić information content (AvgIpc) is 2.92. The normalized spacial score (nSPS) is 11.4. The largest absolute Gasteiger partial charge is 0.481 e. The molecule has 0 fully saturated rings. The number of carboxylic acids is 1. The van der Waals surface area contributed by atoms with Crippen molar-refractivity contribution in [2.45, 2.75) is 32.4 Å². The van der Waals surface area contributed by atoms with Gasteiger partial charge in [0.1, 0.15) is 12.6 Å². The second-order valence-corrected chi connectivity index (χ2v) is 9.00. The molecule has 0 saturated carbocycles. The zero-order valence-corrected chi connectivity index (χ0v) is 21.7. The summed E-state index contributed by atoms with van der Waals surface area (Å²) in [5.41, 5.74) is 2.10. The predicted molar refractivity (Wildman–Crippen MR) is 148 cm³/mol. The van der Waals surface area contributed by atoms with E-state index in [0.29, 0.717) is 11.3 Å². The van der Waals surface area contributed by atoms with Crippen molar-refractivity contribution in [1.29, 1.82) is 0 Å². The lowest BCUT2D eigenvalue weighted by Gasteiger charge is -2.19. The Morgan fingerprint density at radius 1 is 1.00 bits per heavy atom. The molecule has 4 rings (SSSR count). The third-order valence-electron chi connectivity index (χ3n) is 5.92. The first kappa shape index (κ1) is 27.8. The highest BCUT2D eigenvalue weighted by Crippen LogP contribution is 2.21. The van der Waals surface area contributed by atoms with Gasteiger partial charge >= 0.3 is 17.7 Å². The number of carboxylic acid groups (broad SMARTS) is 1. The number of alkyl carbamates (subject to hydrolysis) is 1. The molecule has 11 heteroatoms. The second kappa shape index (κ2) is 13.1. The molecule has 1 heterocycles. The number of nitrogens with zero attached hydrogens (tertiary/aromatic N) is 1. The highest BCUT2D eigenvalue weighted by molar-refractivity contribution is 5.98. The molecule has 0 aliphatic rings. The number of ether oxygens (including phenoxy) is 1. The van der Waals surface area contributed by atoms with Crippen molar-refractivity contribution in [3.63, 3.8) is 0 Å². The Bertz CT molecular complexity index is 1560. The van der Waals surface area contributed by atoms with Crippen molar-refractivity contribution in [1.82, 2.24) is 10.3 Å². The summed E-state index contributed by atoms with van der Waals surface area (Å²) < 4.78 is 10.5. The van der Waals surface area contributed by atoms with Crippen molar-refractivity contribution >= 4 is 40.6 Å². The summed E-state index contributed by atoms with van der Waals surface area (Å²) in [5, 5.41) is 17.2. The Kier molecular flexibility index (Phi) is 9.08. The van der Waals surface area contributed by atoms with Gasteiger partial charge in [0.2, 0.25) is 5.91 Å². The number of hydrogen-bond acceptors (Lipinski definition) is 8. The molecule has 0 aliphatic carbocycles. The minimum Gasteiger partial charge on any atom is -0.481 e. The molecular formula is C29H28N4O7. The number of carbonyl (C=O) groups is 3. The number of aryl methyl sites for hydroxylation is 1. The van der Waals surface area contributed by atoms with Crippen LogP contribution in [0.1, 0.15) is 23.1 Å². The molecule has 206 valence electrons. The number of fused-ring (bicyclic) bond motifs is 1. The molecule has 1 atom stereocenters. The highest BCUT2D eigenvalue weighted by Gasteiger charge is 2.23. The van der Waals surface area contributed by atoms with E-state index in [2.05, 4.69) is 20.9 Å². The van der Waals surface area contributed by atoms with Gasteiger partial charge in [0.25, 0.3) is 6.01 Å². The van der Waals surface area contributed by atoms with Crippen LogP contribution < -0.4 is 21.6 Å². The number of benzene rings is 3. The van der Waals surface area contributed by atoms with Crippen LogP contribution in [0, 0.1) is 6.92 Å². The lowest BCUT2D eigenvalue weighted by molar-refractivity contribution is -0.136. The molecule has 0 aliphatic heterocycles. The van der Waals surface area contributed by atoms with E-state index in [0.717, 1.165) is 11.1 Å². The van der Waals surface area contributed by atoms with Gasteiger partial charge in [-0.05, 0) is 35.7 Å². The van der Waals surface area contributed by atoms with Gasteiger partial charge < -0.3 is 30.2 Å². The van der Waals surface area contributed by atoms with Crippen LogP contribution in [0.25, 0.3) is 10.9 Å². The Balaban J connectivity index is 1.52. The van der Waals surface area contributed by atoms with E-state index in [4.69, 9.17) is 14.3 Å². The minimum atomic E-state index is -1.01. The zero-order chi connectivity index (χ0) is 28.5. The average molecular weight is 545 g/mol. The van der Waals surface area contributed by atoms with Crippen LogP contribution in [0.15, 0.2) is 82.0 Å². The van der Waals surface area contributed by atoms with Crippen LogP contribution >= 0.6 is 0 Å². The van der Waals surface area contributed by atoms with E-state index in [9.17, 15) is 19.2 Å². The fourth-order valence-electron chi connectivity index (χ4n) is 4.01. The molecule has 0 radical (unpaired) electrons. The molecular weight excluding hydrogens is 516 g/mol. The maximum Gasteiger partial charge on any atom is 0.408 e. The number of aromatic nitrogens is 1. The fraction of sp³-hybridized carbons (Fsp3) is 0.207. The third kappa shape index (κ3) is 7.67. The van der Waals surface area contributed by atoms with Crippen molar-refractivity contribution in [2.75, 3.05) is 17.2 Å². The van der Waals surface area contributed by atoms with Crippen molar-refractivity contribution in [3.05, 3.63) is 99.9 Å². The van der Waals surface area contributed by atoms with Crippen LogP contribution in [-0.2, 0) is 27.4 Å². The Hall–Kier alpha value is -5.19. The highest BCUT2D eigenvalue weighted by atomic mass is 16.5. The van der Waals surface area contributed by atoms with Gasteiger partial charge in [-0.1, -0.05) is 60.7 Å². The van der Waals surface area contributed by atoms with Crippen LogP contribution in [0.5, 0.6) is 0 Å². The predicted octanol–water partition coefficient (Wildman–Crippen LogP) is 3.86. The van der Waals surface area contributed by atoms with Gasteiger partial charge in [-0.2, -0.15) is 4.98 Å². The lowest BCUT2D eigenvalue weighted by atomic mass is 10.0. The van der Waals surface area contributed by atoms with Gasteiger partial charge in [0.05, 0.1) is 17.3 Å². The fourth-order valence-corrected chi connectivity index (χ4v) is 4.01. The number of amides is 2. The molecule has 4 aromatic rings. The summed E-state index contributed by atoms with van der Waals surface area (Å²) in [5.74, 6) is -1.51. The molecule has 0 unspecified atom stereocenters. The Morgan fingerprint density at radius 2 is 1.68 bits per heavy atom. The summed E-state index contributed by atoms with van der Waals surface area (Å²) in [6.07, 6.45) is -0.729. The quantitative estimate of drug-likeness (QED) is 0.220. The van der Waals surface area contributed by atoms with Gasteiger partial charge in [0, 0.05) is 18.7 Å². The van der Waals surface area contributed by atoms with Crippen LogP contribution in [0.3, 0.4) is 0 Å². The Morgan fingerprint density at radius 3 is 2.35 bits per heavy atom. The van der Waals surface area contributed by atoms with Crippen molar-refractivity contribution < 1.29 is 28.6 Å². The van der Waals surface area contributed by atoms with Gasteiger partial charge in [-0.15, -0.1) is 0 Å². The van der Waals surface area contributed by atoms with Gasteiger partial charge in [-0.3, -0.25) is 9.59 Å². The molecule has 1 aromatic heterocycles. The van der Waals surface area contributed by atoms with E-state index in [1.165, 1.54) is 6.07 Å². The van der Waals surface area contributed by atoms with E-state index in [-0.39, 0.29) is 42.9 Å². The van der Waals surface area contributed by atoms with E-state index < -0.39 is 29.6 Å². The smallest absolute Gasteiger partial charge is 0.408 e. The maximum atomic E-state index is 13.4. The first-order valence-electron chi connectivity index (χ1n) is 12.5. The summed E-state index contributed by atoms with van der Waals surface area (Å²) in [6.45, 7) is 1.74. The molecule has 11 nitrogen and oxygen atoms in total. The summed E-state index contributed by atoms with van der Waals surface area (Å²) in [7, 11) is 0. The molecule has 40 heavy (non-hydrogen) atoms. The summed E-state index contributed by atoms with van der Waals surface area (Å²) in [6, 6.07) is 20.4. The van der Waals surface area contributed by atoms with Crippen LogP contribution in [-0.4, -0.2) is 40.6 Å². The summed E-state index contributed by atoms with van der Waals surface area (Å²) >= 11 is 0. The lowest BCUT2D eigenvalue weighted by Crippen LogP contribution is -2.45. The number of rotatable bonds is 11. The monoisotopic (exact) mass is 544 g/mol. The summed E-state index contributed by atoms with van der Waals surface area (Å²) in [4.78, 5) is 53.5. The first-order valence-corrected chi connectivity index (χ1v) is 12.5. The van der Waals surface area contributed by atoms with Crippen molar-refractivity contribution in [3.8, 4) is 0 Å². The van der Waals surface area contributed by atoms with Gasteiger partial charge in [-0.25, -0.2) is 9.59 Å². The van der Waals surface area contributed by atoms with Crippen LogP contribution in [0.4, 0.5) is 16.5 Å². The number of hydrogen-bond donors (Lipinski definition) is 4. The number of nitrogens with one attached hydrogen (secondary N) is 3. The SMILES string of the molecule is Cc1cc(NC(=O)[C@H](Cc2ccccc2)NC(=O)OCc2ccccc2)cc2nc(NCCC(=O)O)oc(=O)c12. The van der Waals surface area contributed by atoms with Crippen LogP contribution in [0.2, 0.25) is 0 Å². The number of anilines is 2. The molecule has 0 spiro atoms. The molecule has 4 N–H and O–H groups in total. The van der Waals surface area contributed by atoms with E-state index in [1.807, 2.05) is 60.7 Å². The van der Waals surface area contributed by atoms with E-state index >= 15 is 0 Å². The maximum absolute atomic E-state index is 13.4. The van der Waals surface area contributed by atoms with E-state index in [1.54, 1.807) is 13.0 Å². The molecule has 3 aromatic carbocycles. The van der Waals surface area contributed by atoms with Crippen molar-refractivity contribution in [2.24, 2.45) is 0 Å².